The Bertz CT molecular complexity index is 572. The zero-order valence-corrected chi connectivity index (χ0v) is 9.29. The summed E-state index contributed by atoms with van der Waals surface area (Å²) in [5, 5.41) is 2.78. The van der Waals surface area contributed by atoms with Crippen molar-refractivity contribution >= 4 is 5.78 Å². The van der Waals surface area contributed by atoms with E-state index in [1.807, 2.05) is 0 Å². The number of benzene rings is 1. The maximum absolute atomic E-state index is 13.0. The smallest absolute Gasteiger partial charge is 0.213 e. The Morgan fingerprint density at radius 2 is 1.94 bits per heavy atom. The van der Waals surface area contributed by atoms with Gasteiger partial charge in [-0.2, -0.15) is 4.39 Å². The summed E-state index contributed by atoms with van der Waals surface area (Å²) in [6.07, 6.45) is 1.20. The van der Waals surface area contributed by atoms with Crippen molar-refractivity contribution in [2.75, 3.05) is 0 Å². The molecular formula is C13H9FN2O2. The molecule has 2 aromatic rings. The van der Waals surface area contributed by atoms with Gasteiger partial charge in [0.15, 0.2) is 11.8 Å². The van der Waals surface area contributed by atoms with Gasteiger partial charge in [0.2, 0.25) is 5.95 Å². The van der Waals surface area contributed by atoms with Crippen LogP contribution in [-0.4, -0.2) is 10.8 Å². The first-order chi connectivity index (χ1) is 8.72. The molecule has 2 rings (SSSR count). The lowest BCUT2D eigenvalue weighted by Gasteiger charge is -2.08. The van der Waals surface area contributed by atoms with Crippen LogP contribution < -0.4 is 0 Å². The molecule has 0 saturated heterocycles. The number of carbonyl (C=O) groups excluding carboxylic acids is 1. The number of ketones is 1. The van der Waals surface area contributed by atoms with Crippen LogP contribution >= 0.6 is 0 Å². The van der Waals surface area contributed by atoms with Crippen LogP contribution in [0.4, 0.5) is 4.39 Å². The molecule has 0 saturated carbocycles. The molecule has 0 aliphatic heterocycles. The maximum atomic E-state index is 13.0. The molecule has 1 atom stereocenters. The van der Waals surface area contributed by atoms with Crippen molar-refractivity contribution in [1.29, 1.82) is 0 Å². The first-order valence-corrected chi connectivity index (χ1v) is 5.25. The molecular weight excluding hydrogens is 235 g/mol. The molecule has 0 spiro atoms. The Kier molecular flexibility index (Phi) is 3.52. The molecule has 1 aromatic carbocycles. The van der Waals surface area contributed by atoms with E-state index in [-0.39, 0.29) is 5.56 Å². The van der Waals surface area contributed by atoms with Crippen molar-refractivity contribution in [2.24, 2.45) is 5.18 Å². The van der Waals surface area contributed by atoms with E-state index in [2.05, 4.69) is 10.2 Å². The first kappa shape index (κ1) is 12.0. The number of nitrogens with zero attached hydrogens (tertiary/aromatic N) is 2. The Labute approximate surface area is 102 Å². The summed E-state index contributed by atoms with van der Waals surface area (Å²) in [6, 6.07) is 9.47. The molecule has 0 aliphatic rings. The lowest BCUT2D eigenvalue weighted by Crippen LogP contribution is -2.10. The lowest BCUT2D eigenvalue weighted by atomic mass is 9.99. The standard InChI is InChI=1S/C13H9FN2O2/c14-11-8-10(6-7-15-11)12(16-18)13(17)9-4-2-1-3-5-9/h1-8,12H. The van der Waals surface area contributed by atoms with Crippen molar-refractivity contribution in [3.05, 3.63) is 70.6 Å². The number of aromatic nitrogens is 1. The summed E-state index contributed by atoms with van der Waals surface area (Å²) in [4.78, 5) is 26.2. The van der Waals surface area contributed by atoms with Crippen LogP contribution in [0.3, 0.4) is 0 Å². The van der Waals surface area contributed by atoms with Gasteiger partial charge in [0.25, 0.3) is 0 Å². The highest BCUT2D eigenvalue weighted by Gasteiger charge is 2.23. The number of hydrogen-bond donors (Lipinski definition) is 0. The van der Waals surface area contributed by atoms with Crippen molar-refractivity contribution in [1.82, 2.24) is 4.98 Å². The average molecular weight is 244 g/mol. The van der Waals surface area contributed by atoms with E-state index in [4.69, 9.17) is 0 Å². The van der Waals surface area contributed by atoms with E-state index >= 15 is 0 Å². The molecule has 0 fully saturated rings. The van der Waals surface area contributed by atoms with Crippen molar-refractivity contribution < 1.29 is 9.18 Å². The van der Waals surface area contributed by atoms with Gasteiger partial charge in [-0.1, -0.05) is 35.5 Å². The van der Waals surface area contributed by atoms with E-state index in [1.165, 1.54) is 12.3 Å². The van der Waals surface area contributed by atoms with Gasteiger partial charge in [-0.15, -0.1) is 4.91 Å². The van der Waals surface area contributed by atoms with Gasteiger partial charge >= 0.3 is 0 Å². The highest BCUT2D eigenvalue weighted by atomic mass is 19.1. The van der Waals surface area contributed by atoms with Gasteiger partial charge in [-0.25, -0.2) is 4.98 Å². The van der Waals surface area contributed by atoms with Crippen LogP contribution in [0.2, 0.25) is 0 Å². The molecule has 18 heavy (non-hydrogen) atoms. The quantitative estimate of drug-likeness (QED) is 0.472. The topological polar surface area (TPSA) is 59.4 Å². The summed E-state index contributed by atoms with van der Waals surface area (Å²) in [6.45, 7) is 0. The number of halogens is 1. The Morgan fingerprint density at radius 1 is 1.22 bits per heavy atom. The molecule has 5 heteroatoms. The molecule has 0 N–H and O–H groups in total. The fourth-order valence-corrected chi connectivity index (χ4v) is 1.61. The fraction of sp³-hybridized carbons (Fsp3) is 0.0769. The molecule has 1 unspecified atom stereocenters. The van der Waals surface area contributed by atoms with Gasteiger partial charge in [-0.05, 0) is 17.7 Å². The van der Waals surface area contributed by atoms with E-state index in [0.29, 0.717) is 5.56 Å². The minimum absolute atomic E-state index is 0.200. The van der Waals surface area contributed by atoms with Crippen molar-refractivity contribution in [2.45, 2.75) is 6.04 Å². The molecule has 0 amide bonds. The predicted molar refractivity (Wildman–Crippen MR) is 63.5 cm³/mol. The second-order valence-electron chi connectivity index (χ2n) is 3.65. The summed E-state index contributed by atoms with van der Waals surface area (Å²) in [7, 11) is 0. The van der Waals surface area contributed by atoms with Crippen LogP contribution in [0, 0.1) is 10.9 Å². The summed E-state index contributed by atoms with van der Waals surface area (Å²) < 4.78 is 13.0. The number of rotatable bonds is 4. The Morgan fingerprint density at radius 3 is 2.56 bits per heavy atom. The zero-order valence-electron chi connectivity index (χ0n) is 9.29. The predicted octanol–water partition coefficient (Wildman–Crippen LogP) is 2.91. The normalized spacial score (nSPS) is 11.8. The number of nitroso groups, excluding NO2 is 1. The van der Waals surface area contributed by atoms with E-state index in [0.717, 1.165) is 6.07 Å². The molecule has 90 valence electrons. The maximum Gasteiger partial charge on any atom is 0.213 e. The minimum Gasteiger partial charge on any atom is -0.291 e. The third kappa shape index (κ3) is 2.45. The number of pyridine rings is 1. The molecule has 0 aliphatic carbocycles. The Hall–Kier alpha value is -2.43. The number of carbonyl (C=O) groups is 1. The minimum atomic E-state index is -1.25. The third-order valence-corrected chi connectivity index (χ3v) is 2.48. The first-order valence-electron chi connectivity index (χ1n) is 5.25. The molecule has 0 bridgehead atoms. The summed E-state index contributed by atoms with van der Waals surface area (Å²) >= 11 is 0. The van der Waals surface area contributed by atoms with E-state index in [9.17, 15) is 14.1 Å². The molecule has 4 nitrogen and oxygen atoms in total. The van der Waals surface area contributed by atoms with Gasteiger partial charge in [0.05, 0.1) is 0 Å². The molecule has 1 aromatic heterocycles. The lowest BCUT2D eigenvalue weighted by molar-refractivity contribution is 0.0961. The second kappa shape index (κ2) is 5.27. The van der Waals surface area contributed by atoms with Gasteiger partial charge < -0.3 is 0 Å². The zero-order chi connectivity index (χ0) is 13.0. The summed E-state index contributed by atoms with van der Waals surface area (Å²) in [5.74, 6) is -1.21. The van der Waals surface area contributed by atoms with Gasteiger partial charge in [0.1, 0.15) is 0 Å². The van der Waals surface area contributed by atoms with Crippen LogP contribution in [0.15, 0.2) is 53.8 Å². The van der Waals surface area contributed by atoms with Gasteiger partial charge in [0, 0.05) is 11.8 Å². The van der Waals surface area contributed by atoms with E-state index < -0.39 is 17.8 Å². The summed E-state index contributed by atoms with van der Waals surface area (Å²) in [5.41, 5.74) is 0.561. The largest absolute Gasteiger partial charge is 0.291 e. The number of hydrogen-bond acceptors (Lipinski definition) is 4. The fourth-order valence-electron chi connectivity index (χ4n) is 1.61. The molecule has 0 radical (unpaired) electrons. The Balaban J connectivity index is 2.35. The van der Waals surface area contributed by atoms with Crippen molar-refractivity contribution in [3.63, 3.8) is 0 Å². The highest BCUT2D eigenvalue weighted by molar-refractivity contribution is 6.00. The van der Waals surface area contributed by atoms with Crippen LogP contribution in [-0.2, 0) is 0 Å². The van der Waals surface area contributed by atoms with Gasteiger partial charge in [-0.3, -0.25) is 4.79 Å². The SMILES string of the molecule is O=NC(C(=O)c1ccccc1)c1ccnc(F)c1. The van der Waals surface area contributed by atoms with Crippen LogP contribution in [0.5, 0.6) is 0 Å². The second-order valence-corrected chi connectivity index (χ2v) is 3.65. The van der Waals surface area contributed by atoms with Crippen LogP contribution in [0.1, 0.15) is 22.0 Å². The third-order valence-electron chi connectivity index (χ3n) is 2.48. The monoisotopic (exact) mass is 244 g/mol. The highest BCUT2D eigenvalue weighted by Crippen LogP contribution is 2.22. The van der Waals surface area contributed by atoms with Crippen LogP contribution in [0.25, 0.3) is 0 Å². The number of Topliss-reactive ketones (excluding diaryl/α,β-unsaturated/α-hetero) is 1. The van der Waals surface area contributed by atoms with Crippen molar-refractivity contribution in [3.8, 4) is 0 Å². The average Bonchev–Trinajstić information content (AvgIpc) is 2.40. The van der Waals surface area contributed by atoms with E-state index in [1.54, 1.807) is 30.3 Å². The molecule has 1 heterocycles.